The molecule has 0 aliphatic heterocycles. The molecule has 3 aromatic rings. The number of benzene rings is 2. The highest BCUT2D eigenvalue weighted by atomic mass is 79.9. The van der Waals surface area contributed by atoms with Crippen LogP contribution in [0.5, 0.6) is 0 Å². The van der Waals surface area contributed by atoms with Gasteiger partial charge in [0.15, 0.2) is 0 Å². The molecule has 0 bridgehead atoms. The lowest BCUT2D eigenvalue weighted by atomic mass is 10.2. The maximum atomic E-state index is 13.2. The largest absolute Gasteiger partial charge is 0.340 e. The Hall–Kier alpha value is -2.73. The van der Waals surface area contributed by atoms with Crippen molar-refractivity contribution in [2.45, 2.75) is 0 Å². The number of aromatic nitrogens is 1. The first-order chi connectivity index (χ1) is 11.6. The van der Waals surface area contributed by atoms with Crippen LogP contribution >= 0.6 is 15.9 Å². The molecule has 120 valence electrons. The maximum Gasteiger partial charge on any atom is 0.256 e. The third-order valence-corrected chi connectivity index (χ3v) is 3.93. The number of pyridine rings is 1. The van der Waals surface area contributed by atoms with E-state index in [-0.39, 0.29) is 11.7 Å². The lowest BCUT2D eigenvalue weighted by Gasteiger charge is -2.08. The summed E-state index contributed by atoms with van der Waals surface area (Å²) in [6.45, 7) is 0. The normalized spacial score (nSPS) is 10.2. The van der Waals surface area contributed by atoms with Gasteiger partial charge in [-0.15, -0.1) is 0 Å². The summed E-state index contributed by atoms with van der Waals surface area (Å²) in [6, 6.07) is 16.7. The molecule has 1 aromatic heterocycles. The first kappa shape index (κ1) is 16.1. The molecule has 0 aliphatic rings. The van der Waals surface area contributed by atoms with Crippen molar-refractivity contribution in [2.24, 2.45) is 0 Å². The fraction of sp³-hybridized carbons (Fsp3) is 0. The number of carbonyl (C=O) groups excluding carboxylic acids is 1. The molecule has 1 heterocycles. The van der Waals surface area contributed by atoms with Crippen LogP contribution in [0.15, 0.2) is 71.3 Å². The second kappa shape index (κ2) is 7.23. The number of rotatable bonds is 4. The van der Waals surface area contributed by atoms with E-state index in [0.717, 1.165) is 4.47 Å². The molecule has 0 saturated carbocycles. The molecule has 0 atom stereocenters. The summed E-state index contributed by atoms with van der Waals surface area (Å²) in [7, 11) is 0. The molecule has 0 saturated heterocycles. The Balaban J connectivity index is 1.68. The number of amides is 1. The molecule has 2 aromatic carbocycles. The van der Waals surface area contributed by atoms with Gasteiger partial charge < -0.3 is 10.6 Å². The van der Waals surface area contributed by atoms with Crippen LogP contribution in [0.2, 0.25) is 0 Å². The Morgan fingerprint density at radius 3 is 2.54 bits per heavy atom. The molecule has 0 radical (unpaired) electrons. The zero-order valence-corrected chi connectivity index (χ0v) is 14.0. The first-order valence-corrected chi connectivity index (χ1v) is 7.95. The van der Waals surface area contributed by atoms with Gasteiger partial charge in [0, 0.05) is 10.2 Å². The molecule has 0 fully saturated rings. The summed E-state index contributed by atoms with van der Waals surface area (Å²) in [5, 5.41) is 5.77. The lowest BCUT2D eigenvalue weighted by molar-refractivity contribution is 0.102. The molecular formula is C18H13BrFN3O. The van der Waals surface area contributed by atoms with E-state index in [1.807, 2.05) is 6.07 Å². The van der Waals surface area contributed by atoms with E-state index in [4.69, 9.17) is 0 Å². The third-order valence-electron chi connectivity index (χ3n) is 3.24. The molecule has 24 heavy (non-hydrogen) atoms. The minimum Gasteiger partial charge on any atom is -0.340 e. The Morgan fingerprint density at radius 1 is 1.00 bits per heavy atom. The van der Waals surface area contributed by atoms with Crippen LogP contribution in [0, 0.1) is 5.82 Å². The topological polar surface area (TPSA) is 54.0 Å². The third kappa shape index (κ3) is 3.97. The number of nitrogens with one attached hydrogen (secondary N) is 2. The lowest BCUT2D eigenvalue weighted by Crippen LogP contribution is -2.12. The fourth-order valence-corrected chi connectivity index (χ4v) is 2.56. The zero-order chi connectivity index (χ0) is 16.9. The van der Waals surface area contributed by atoms with Crippen molar-refractivity contribution in [2.75, 3.05) is 10.6 Å². The highest BCUT2D eigenvalue weighted by Crippen LogP contribution is 2.19. The highest BCUT2D eigenvalue weighted by molar-refractivity contribution is 9.10. The number of carbonyl (C=O) groups is 1. The van der Waals surface area contributed by atoms with Crippen LogP contribution < -0.4 is 10.6 Å². The van der Waals surface area contributed by atoms with Crippen molar-refractivity contribution in [1.82, 2.24) is 4.98 Å². The quantitative estimate of drug-likeness (QED) is 0.665. The summed E-state index contributed by atoms with van der Waals surface area (Å²) in [6.07, 6.45) is 1.54. The number of hydrogen-bond donors (Lipinski definition) is 2. The molecule has 4 nitrogen and oxygen atoms in total. The van der Waals surface area contributed by atoms with Gasteiger partial charge in [0.1, 0.15) is 11.6 Å². The average molecular weight is 386 g/mol. The van der Waals surface area contributed by atoms with Gasteiger partial charge in [-0.3, -0.25) is 4.79 Å². The summed E-state index contributed by atoms with van der Waals surface area (Å²) >= 11 is 3.35. The molecule has 0 spiro atoms. The minimum absolute atomic E-state index is 0.227. The number of nitrogens with zero attached hydrogens (tertiary/aromatic N) is 1. The van der Waals surface area contributed by atoms with Crippen molar-refractivity contribution in [3.63, 3.8) is 0 Å². The van der Waals surface area contributed by atoms with Crippen molar-refractivity contribution >= 4 is 39.0 Å². The van der Waals surface area contributed by atoms with Crippen molar-refractivity contribution in [1.29, 1.82) is 0 Å². The number of halogens is 2. The Labute approximate surface area is 146 Å². The average Bonchev–Trinajstić information content (AvgIpc) is 2.57. The predicted octanol–water partition coefficient (Wildman–Crippen LogP) is 4.98. The van der Waals surface area contributed by atoms with Crippen LogP contribution in [0.1, 0.15) is 10.4 Å². The maximum absolute atomic E-state index is 13.2. The molecule has 1 amide bonds. The second-order valence-electron chi connectivity index (χ2n) is 5.00. The first-order valence-electron chi connectivity index (χ1n) is 7.16. The zero-order valence-electron chi connectivity index (χ0n) is 12.5. The van der Waals surface area contributed by atoms with Gasteiger partial charge in [-0.25, -0.2) is 9.37 Å². The van der Waals surface area contributed by atoms with Crippen LogP contribution in [0.25, 0.3) is 0 Å². The molecule has 6 heteroatoms. The summed E-state index contributed by atoms with van der Waals surface area (Å²) < 4.78 is 13.9. The molecule has 0 unspecified atom stereocenters. The molecule has 3 rings (SSSR count). The standard InChI is InChI=1S/C18H13BrFN3O/c19-16-7-2-1-6-15(16)18(24)23-14-8-9-17(21-11-14)22-13-5-3-4-12(20)10-13/h1-11H,(H,21,22)(H,23,24). The van der Waals surface area contributed by atoms with Gasteiger partial charge in [0.25, 0.3) is 5.91 Å². The smallest absolute Gasteiger partial charge is 0.256 e. The van der Waals surface area contributed by atoms with E-state index in [2.05, 4.69) is 31.5 Å². The van der Waals surface area contributed by atoms with Crippen molar-refractivity contribution in [3.8, 4) is 0 Å². The Morgan fingerprint density at radius 2 is 1.83 bits per heavy atom. The SMILES string of the molecule is O=C(Nc1ccc(Nc2cccc(F)c2)nc1)c1ccccc1Br. The van der Waals surface area contributed by atoms with Gasteiger partial charge in [-0.2, -0.15) is 0 Å². The summed E-state index contributed by atoms with van der Waals surface area (Å²) in [5.74, 6) is 0.00641. The monoisotopic (exact) mass is 385 g/mol. The molecule has 2 N–H and O–H groups in total. The van der Waals surface area contributed by atoms with Crippen LogP contribution in [0.4, 0.5) is 21.6 Å². The Kier molecular flexibility index (Phi) is 4.86. The van der Waals surface area contributed by atoms with E-state index >= 15 is 0 Å². The van der Waals surface area contributed by atoms with E-state index in [1.165, 1.54) is 18.3 Å². The number of anilines is 3. The summed E-state index contributed by atoms with van der Waals surface area (Å²) in [4.78, 5) is 16.4. The van der Waals surface area contributed by atoms with Crippen LogP contribution in [-0.4, -0.2) is 10.9 Å². The molecule has 0 aliphatic carbocycles. The van der Waals surface area contributed by atoms with E-state index in [1.54, 1.807) is 42.5 Å². The molecular weight excluding hydrogens is 373 g/mol. The second-order valence-corrected chi connectivity index (χ2v) is 5.86. The highest BCUT2D eigenvalue weighted by Gasteiger charge is 2.09. The fourth-order valence-electron chi connectivity index (χ4n) is 2.10. The van der Waals surface area contributed by atoms with E-state index in [9.17, 15) is 9.18 Å². The van der Waals surface area contributed by atoms with Gasteiger partial charge in [0.2, 0.25) is 0 Å². The van der Waals surface area contributed by atoms with Gasteiger partial charge in [-0.05, 0) is 58.4 Å². The minimum atomic E-state index is -0.322. The van der Waals surface area contributed by atoms with Crippen molar-refractivity contribution in [3.05, 3.63) is 82.7 Å². The van der Waals surface area contributed by atoms with Gasteiger partial charge in [0.05, 0.1) is 17.4 Å². The number of hydrogen-bond acceptors (Lipinski definition) is 3. The van der Waals surface area contributed by atoms with Gasteiger partial charge >= 0.3 is 0 Å². The van der Waals surface area contributed by atoms with Crippen molar-refractivity contribution < 1.29 is 9.18 Å². The van der Waals surface area contributed by atoms with Crippen LogP contribution in [-0.2, 0) is 0 Å². The predicted molar refractivity (Wildman–Crippen MR) is 96.0 cm³/mol. The van der Waals surface area contributed by atoms with E-state index < -0.39 is 0 Å². The summed E-state index contributed by atoms with van der Waals surface area (Å²) in [5.41, 5.74) is 1.72. The Bertz CT molecular complexity index is 868. The van der Waals surface area contributed by atoms with Gasteiger partial charge in [-0.1, -0.05) is 18.2 Å². The van der Waals surface area contributed by atoms with E-state index in [0.29, 0.717) is 22.8 Å². The van der Waals surface area contributed by atoms with Crippen LogP contribution in [0.3, 0.4) is 0 Å².